The first-order valence-electron chi connectivity index (χ1n) is 2.27. The predicted molar refractivity (Wildman–Crippen MR) is 50.8 cm³/mol. The maximum absolute atomic E-state index is 8.42. The van der Waals surface area contributed by atoms with E-state index in [1.54, 1.807) is 0 Å². The lowest BCUT2D eigenvalue weighted by Gasteiger charge is -1.92. The first-order chi connectivity index (χ1) is 4.33. The number of nitrogens with zero attached hydrogens (tertiary/aromatic N) is 1. The highest BCUT2D eigenvalue weighted by Gasteiger charge is 1.93. The van der Waals surface area contributed by atoms with Gasteiger partial charge in [-0.1, -0.05) is 36.7 Å². The van der Waals surface area contributed by atoms with Crippen LogP contribution < -0.4 is 0 Å². The molecule has 0 spiro atoms. The minimum atomic E-state index is -0.132. The Morgan fingerprint density at radius 2 is 2.33 bits per heavy atom. The first-order valence-corrected chi connectivity index (χ1v) is 5.39. The molecule has 0 aromatic heterocycles. The zero-order chi connectivity index (χ0) is 6.69. The molecule has 1 aliphatic heterocycles. The fourth-order valence-corrected chi connectivity index (χ4v) is 2.48. The molecule has 3 heteroatoms. The molecule has 46 valence electrons. The van der Waals surface area contributed by atoms with Gasteiger partial charge in [-0.05, 0) is 16.2 Å². The van der Waals surface area contributed by atoms with Crippen LogP contribution >= 0.6 is 36.7 Å². The van der Waals surface area contributed by atoms with E-state index in [0.717, 1.165) is 7.99 Å². The summed E-state index contributed by atoms with van der Waals surface area (Å²) >= 11 is 3.19. The Bertz CT molecular complexity index is 244. The average Bonchev–Trinajstić information content (AvgIpc) is 1.90. The SMILES string of the molecule is N#CC1=IC=C(Br)C=C1. The molecule has 0 aromatic carbocycles. The summed E-state index contributed by atoms with van der Waals surface area (Å²) in [6, 6.07) is 2.14. The van der Waals surface area contributed by atoms with E-state index in [2.05, 4.69) is 26.1 Å². The van der Waals surface area contributed by atoms with Crippen LogP contribution in [0.15, 0.2) is 20.7 Å². The maximum Gasteiger partial charge on any atom is 0.105 e. The van der Waals surface area contributed by atoms with Crippen LogP contribution in [0.5, 0.6) is 0 Å². The van der Waals surface area contributed by atoms with Gasteiger partial charge in [-0.15, -0.1) is 0 Å². The third-order valence-corrected chi connectivity index (χ3v) is 4.38. The summed E-state index contributed by atoms with van der Waals surface area (Å²) in [6.07, 6.45) is 3.78. The molecule has 0 bridgehead atoms. The molecule has 0 aliphatic carbocycles. The Hall–Kier alpha value is 0.0500. The summed E-state index contributed by atoms with van der Waals surface area (Å²) < 4.78 is 4.11. The van der Waals surface area contributed by atoms with Crippen molar-refractivity contribution >= 4 is 40.2 Å². The predicted octanol–water partition coefficient (Wildman–Crippen LogP) is 2.46. The van der Waals surface area contributed by atoms with E-state index in [0.29, 0.717) is 0 Å². The highest BCUT2D eigenvalue weighted by Crippen LogP contribution is 2.19. The minimum absolute atomic E-state index is 0.132. The Kier molecular flexibility index (Phi) is 2.61. The molecule has 1 nitrogen and oxygen atoms in total. The van der Waals surface area contributed by atoms with Crippen LogP contribution in [-0.4, -0.2) is 3.51 Å². The number of nitriles is 1. The van der Waals surface area contributed by atoms with Crippen molar-refractivity contribution in [1.29, 1.82) is 5.26 Å². The molecule has 0 unspecified atom stereocenters. The van der Waals surface area contributed by atoms with Gasteiger partial charge in [0.1, 0.15) is 6.07 Å². The fourth-order valence-electron chi connectivity index (χ4n) is 0.398. The third-order valence-electron chi connectivity index (χ3n) is 0.772. The van der Waals surface area contributed by atoms with Gasteiger partial charge in [-0.25, -0.2) is 0 Å². The highest BCUT2D eigenvalue weighted by atomic mass is 127. The van der Waals surface area contributed by atoms with E-state index in [1.807, 2.05) is 12.2 Å². The largest absolute Gasteiger partial charge is 0.192 e. The van der Waals surface area contributed by atoms with Crippen molar-refractivity contribution in [3.05, 3.63) is 20.7 Å². The molecule has 0 fully saturated rings. The van der Waals surface area contributed by atoms with Gasteiger partial charge in [0.15, 0.2) is 0 Å². The van der Waals surface area contributed by atoms with Gasteiger partial charge in [-0.2, -0.15) is 5.26 Å². The molecule has 1 rings (SSSR count). The lowest BCUT2D eigenvalue weighted by atomic mass is 10.4. The monoisotopic (exact) mass is 295 g/mol. The van der Waals surface area contributed by atoms with E-state index >= 15 is 0 Å². The van der Waals surface area contributed by atoms with E-state index in [-0.39, 0.29) is 20.7 Å². The van der Waals surface area contributed by atoms with Crippen LogP contribution in [0.1, 0.15) is 0 Å². The Balaban J connectivity index is 2.90. The van der Waals surface area contributed by atoms with Crippen molar-refractivity contribution in [1.82, 2.24) is 0 Å². The molecule has 0 N–H and O–H groups in total. The Labute approximate surface area is 71.9 Å². The molecule has 0 saturated heterocycles. The fraction of sp³-hybridized carbons (Fsp3) is 0. The van der Waals surface area contributed by atoms with E-state index < -0.39 is 0 Å². The maximum atomic E-state index is 8.42. The van der Waals surface area contributed by atoms with Crippen molar-refractivity contribution < 1.29 is 0 Å². The molecular weight excluding hydrogens is 293 g/mol. The van der Waals surface area contributed by atoms with Crippen LogP contribution in [0, 0.1) is 11.3 Å². The first kappa shape index (κ1) is 7.16. The molecule has 9 heavy (non-hydrogen) atoms. The molecule has 0 amide bonds. The van der Waals surface area contributed by atoms with Crippen LogP contribution in [-0.2, 0) is 0 Å². The molecule has 1 heterocycles. The second kappa shape index (κ2) is 3.28. The number of allylic oxidation sites excluding steroid dienone is 3. The normalized spacial score (nSPS) is 16.9. The zero-order valence-electron chi connectivity index (χ0n) is 4.44. The van der Waals surface area contributed by atoms with Crippen LogP contribution in [0.2, 0.25) is 0 Å². The van der Waals surface area contributed by atoms with Crippen molar-refractivity contribution in [2.45, 2.75) is 0 Å². The number of rotatable bonds is 0. The van der Waals surface area contributed by atoms with Gasteiger partial charge >= 0.3 is 0 Å². The Morgan fingerprint density at radius 1 is 1.56 bits per heavy atom. The number of hydrogen-bond acceptors (Lipinski definition) is 1. The van der Waals surface area contributed by atoms with Gasteiger partial charge in [0, 0.05) is 4.48 Å². The van der Waals surface area contributed by atoms with Gasteiger partial charge in [0.05, 0.1) is 3.51 Å². The van der Waals surface area contributed by atoms with Gasteiger partial charge in [0.2, 0.25) is 0 Å². The summed E-state index contributed by atoms with van der Waals surface area (Å²) in [5, 5.41) is 8.42. The van der Waals surface area contributed by atoms with E-state index in [4.69, 9.17) is 5.26 Å². The van der Waals surface area contributed by atoms with Gasteiger partial charge in [0.25, 0.3) is 0 Å². The standard InChI is InChI=1S/C6H3BrIN/c7-5-1-2-6(4-9)8-3-5/h1-3H. The van der Waals surface area contributed by atoms with E-state index in [1.165, 1.54) is 0 Å². The smallest absolute Gasteiger partial charge is 0.105 e. The Morgan fingerprint density at radius 3 is 2.78 bits per heavy atom. The molecule has 1 aliphatic rings. The second-order valence-corrected chi connectivity index (χ2v) is 4.72. The molecular formula is C6H3BrIN. The quantitative estimate of drug-likeness (QED) is 0.630. The summed E-state index contributed by atoms with van der Waals surface area (Å²) in [7, 11) is 0. The lowest BCUT2D eigenvalue weighted by molar-refractivity contribution is 1.56. The van der Waals surface area contributed by atoms with Crippen molar-refractivity contribution in [2.24, 2.45) is 0 Å². The van der Waals surface area contributed by atoms with Gasteiger partial charge in [-0.3, -0.25) is 0 Å². The highest BCUT2D eigenvalue weighted by molar-refractivity contribution is 14.2. The average molecular weight is 296 g/mol. The number of halogens is 2. The molecule has 0 aromatic rings. The topological polar surface area (TPSA) is 23.8 Å². The molecule has 0 saturated carbocycles. The summed E-state index contributed by atoms with van der Waals surface area (Å²) in [6.45, 7) is 0. The van der Waals surface area contributed by atoms with Crippen molar-refractivity contribution in [3.8, 4) is 6.07 Å². The zero-order valence-corrected chi connectivity index (χ0v) is 8.18. The van der Waals surface area contributed by atoms with Crippen molar-refractivity contribution in [2.75, 3.05) is 0 Å². The van der Waals surface area contributed by atoms with E-state index in [9.17, 15) is 0 Å². The van der Waals surface area contributed by atoms with Crippen LogP contribution in [0.3, 0.4) is 0 Å². The summed E-state index contributed by atoms with van der Waals surface area (Å²) in [5.41, 5.74) is 0. The number of hydrogen-bond donors (Lipinski definition) is 0. The molecule has 0 atom stereocenters. The van der Waals surface area contributed by atoms with Gasteiger partial charge < -0.3 is 0 Å². The molecule has 0 radical (unpaired) electrons. The van der Waals surface area contributed by atoms with Crippen molar-refractivity contribution in [3.63, 3.8) is 0 Å². The van der Waals surface area contributed by atoms with Crippen LogP contribution in [0.4, 0.5) is 0 Å². The summed E-state index contributed by atoms with van der Waals surface area (Å²) in [5.74, 6) is 0. The second-order valence-electron chi connectivity index (χ2n) is 1.40. The van der Waals surface area contributed by atoms with Crippen LogP contribution in [0.25, 0.3) is 0 Å². The lowest BCUT2D eigenvalue weighted by Crippen LogP contribution is -1.83. The summed E-state index contributed by atoms with van der Waals surface area (Å²) in [4.78, 5) is 0. The minimum Gasteiger partial charge on any atom is -0.192 e. The third kappa shape index (κ3) is 2.03.